The first kappa shape index (κ1) is 27.8. The first-order valence-electron chi connectivity index (χ1n) is 15.9. The molecule has 0 bridgehead atoms. The Labute approximate surface area is 277 Å². The van der Waals surface area contributed by atoms with E-state index in [4.69, 9.17) is 8.83 Å². The van der Waals surface area contributed by atoms with Crippen LogP contribution in [-0.4, -0.2) is 9.97 Å². The van der Waals surface area contributed by atoms with Gasteiger partial charge in [0.05, 0.1) is 12.4 Å². The lowest BCUT2D eigenvalue weighted by molar-refractivity contribution is 0.571. The molecule has 0 N–H and O–H groups in total. The van der Waals surface area contributed by atoms with Crippen LogP contribution in [-0.2, 0) is 0 Å². The molecule has 4 nitrogen and oxygen atoms in total. The number of benzene rings is 7. The zero-order chi connectivity index (χ0) is 31.9. The van der Waals surface area contributed by atoms with Gasteiger partial charge in [0, 0.05) is 11.1 Å². The molecule has 0 aliphatic heterocycles. The molecule has 0 saturated heterocycles. The molecule has 0 spiro atoms. The van der Waals surface area contributed by atoms with E-state index in [0.717, 1.165) is 33.8 Å². The Bertz CT molecular complexity index is 2520. The largest absolute Gasteiger partial charge is 0.444 e. The lowest BCUT2D eigenvalue weighted by Crippen LogP contribution is -1.92. The molecule has 0 fully saturated rings. The average molecular weight is 617 g/mol. The van der Waals surface area contributed by atoms with Crippen LogP contribution in [0.25, 0.3) is 88.7 Å². The Hall–Kier alpha value is -6.52. The summed E-state index contributed by atoms with van der Waals surface area (Å²) < 4.78 is 11.2. The Morgan fingerprint density at radius 3 is 1.31 bits per heavy atom. The third kappa shape index (κ3) is 4.88. The van der Waals surface area contributed by atoms with E-state index in [1.165, 1.54) is 67.7 Å². The molecule has 0 unspecified atom stereocenters. The number of fused-ring (bicyclic) bond motifs is 2. The highest BCUT2D eigenvalue weighted by Gasteiger charge is 2.18. The average Bonchev–Trinajstić information content (AvgIpc) is 3.91. The van der Waals surface area contributed by atoms with Gasteiger partial charge in [-0.05, 0) is 78.2 Å². The highest BCUT2D eigenvalue weighted by atomic mass is 16.3. The highest BCUT2D eigenvalue weighted by molar-refractivity contribution is 6.22. The Balaban J connectivity index is 1.28. The molecular weight excluding hydrogens is 588 g/mol. The first-order valence-corrected chi connectivity index (χ1v) is 15.9. The summed E-state index contributed by atoms with van der Waals surface area (Å²) in [6.07, 6.45) is 6.43. The summed E-state index contributed by atoms with van der Waals surface area (Å²) >= 11 is 0. The predicted octanol–water partition coefficient (Wildman–Crippen LogP) is 12.0. The second kappa shape index (κ2) is 11.7. The minimum absolute atomic E-state index is 0.751. The van der Waals surface area contributed by atoms with Crippen molar-refractivity contribution in [3.8, 4) is 67.2 Å². The van der Waals surface area contributed by atoms with Gasteiger partial charge in [0.2, 0.25) is 0 Å². The van der Waals surface area contributed by atoms with E-state index in [1.54, 1.807) is 12.4 Å². The van der Waals surface area contributed by atoms with Crippen LogP contribution in [0.2, 0.25) is 0 Å². The van der Waals surface area contributed by atoms with Gasteiger partial charge in [-0.1, -0.05) is 133 Å². The summed E-state index contributed by atoms with van der Waals surface area (Å²) in [5.41, 5.74) is 11.4. The van der Waals surface area contributed by atoms with Crippen LogP contribution in [0.3, 0.4) is 0 Å². The summed E-state index contributed by atoms with van der Waals surface area (Å²) in [6, 6.07) is 52.2. The third-order valence-corrected chi connectivity index (χ3v) is 9.11. The maximum atomic E-state index is 5.59. The summed E-state index contributed by atoms with van der Waals surface area (Å²) in [4.78, 5) is 8.21. The van der Waals surface area contributed by atoms with Crippen LogP contribution >= 0.6 is 0 Å². The van der Waals surface area contributed by atoms with E-state index in [2.05, 4.69) is 156 Å². The molecule has 0 atom stereocenters. The fourth-order valence-electron chi connectivity index (χ4n) is 6.81. The molecule has 0 saturated carbocycles. The van der Waals surface area contributed by atoms with Crippen LogP contribution in [0.1, 0.15) is 0 Å². The second-order valence-corrected chi connectivity index (χ2v) is 11.9. The van der Waals surface area contributed by atoms with E-state index in [-0.39, 0.29) is 0 Å². The Morgan fingerprint density at radius 1 is 0.312 bits per heavy atom. The number of hydrogen-bond acceptors (Lipinski definition) is 4. The summed E-state index contributed by atoms with van der Waals surface area (Å²) in [5.74, 6) is 1.50. The lowest BCUT2D eigenvalue weighted by atomic mass is 9.84. The number of aromatic nitrogens is 2. The van der Waals surface area contributed by atoms with Crippen molar-refractivity contribution in [2.24, 2.45) is 0 Å². The smallest absolute Gasteiger partial charge is 0.181 e. The third-order valence-electron chi connectivity index (χ3n) is 9.11. The van der Waals surface area contributed by atoms with Crippen LogP contribution in [0, 0.1) is 0 Å². The van der Waals surface area contributed by atoms with Crippen molar-refractivity contribution in [2.75, 3.05) is 0 Å². The minimum atomic E-state index is 0.751. The number of nitrogens with zero attached hydrogens (tertiary/aromatic N) is 2. The van der Waals surface area contributed by atoms with Crippen molar-refractivity contribution in [2.45, 2.75) is 0 Å². The maximum Gasteiger partial charge on any atom is 0.181 e. The fraction of sp³-hybridized carbons (Fsp3) is 0. The van der Waals surface area contributed by atoms with Gasteiger partial charge in [-0.15, -0.1) is 0 Å². The van der Waals surface area contributed by atoms with Gasteiger partial charge in [0.25, 0.3) is 0 Å². The van der Waals surface area contributed by atoms with Crippen LogP contribution in [0.15, 0.2) is 180 Å². The van der Waals surface area contributed by atoms with Crippen molar-refractivity contribution in [3.05, 3.63) is 171 Å². The molecule has 0 amide bonds. The van der Waals surface area contributed by atoms with Gasteiger partial charge in [0.1, 0.15) is 0 Å². The molecule has 0 radical (unpaired) electrons. The predicted molar refractivity (Wildman–Crippen MR) is 194 cm³/mol. The highest BCUT2D eigenvalue weighted by Crippen LogP contribution is 2.45. The number of rotatable bonds is 6. The van der Waals surface area contributed by atoms with Gasteiger partial charge < -0.3 is 8.83 Å². The first-order chi connectivity index (χ1) is 23.8. The Morgan fingerprint density at radius 2 is 0.750 bits per heavy atom. The van der Waals surface area contributed by atoms with Crippen LogP contribution in [0.5, 0.6) is 0 Å². The second-order valence-electron chi connectivity index (χ2n) is 11.9. The molecule has 0 aliphatic carbocycles. The van der Waals surface area contributed by atoms with Crippen LogP contribution < -0.4 is 0 Å². The quantitative estimate of drug-likeness (QED) is 0.174. The minimum Gasteiger partial charge on any atom is -0.444 e. The number of oxazole rings is 2. The van der Waals surface area contributed by atoms with Gasteiger partial charge in [0.15, 0.2) is 24.3 Å². The van der Waals surface area contributed by atoms with Gasteiger partial charge >= 0.3 is 0 Å². The van der Waals surface area contributed by atoms with E-state index in [0.29, 0.717) is 0 Å². The zero-order valence-electron chi connectivity index (χ0n) is 25.9. The molecular formula is C44H28N2O2. The van der Waals surface area contributed by atoms with E-state index < -0.39 is 0 Å². The van der Waals surface area contributed by atoms with Crippen molar-refractivity contribution in [3.63, 3.8) is 0 Å². The Kier molecular flexibility index (Phi) is 6.76. The maximum absolute atomic E-state index is 5.59. The van der Waals surface area contributed by atoms with E-state index in [1.807, 2.05) is 0 Å². The molecule has 0 aliphatic rings. The van der Waals surface area contributed by atoms with E-state index >= 15 is 0 Å². The van der Waals surface area contributed by atoms with Gasteiger partial charge in [-0.3, -0.25) is 0 Å². The molecule has 7 aromatic carbocycles. The van der Waals surface area contributed by atoms with Crippen molar-refractivity contribution >= 4 is 21.5 Å². The summed E-state index contributed by atoms with van der Waals surface area (Å²) in [5, 5.41) is 4.78. The van der Waals surface area contributed by atoms with Crippen LogP contribution in [0.4, 0.5) is 0 Å². The lowest BCUT2D eigenvalue weighted by Gasteiger charge is -2.19. The van der Waals surface area contributed by atoms with Crippen molar-refractivity contribution in [1.82, 2.24) is 9.97 Å². The van der Waals surface area contributed by atoms with Crippen molar-refractivity contribution in [1.29, 1.82) is 0 Å². The summed E-state index contributed by atoms with van der Waals surface area (Å²) in [7, 11) is 0. The molecule has 9 rings (SSSR count). The monoisotopic (exact) mass is 616 g/mol. The molecule has 48 heavy (non-hydrogen) atoms. The SMILES string of the molecule is c1ccc(-c2cccc(-c3ccc4c(-c5ccc(-c6cnco6)cc5)c5ccccc5c(-c5ccc(-c6cnco6)cc5)c4c3)c2)cc1. The molecule has 2 aromatic heterocycles. The normalized spacial score (nSPS) is 11.3. The molecule has 9 aromatic rings. The standard InChI is InChI=1S/C44H28N2O2/c1-2-7-29(8-3-1)34-9-6-10-35(23-34)36-21-22-39-40(24-36)44(33-19-15-31(16-20-33)42-26-46-28-48-42)38-12-5-4-11-37(38)43(39)32-17-13-30(14-18-32)41-25-45-27-47-41/h1-28H. The van der Waals surface area contributed by atoms with Gasteiger partial charge in [-0.2, -0.15) is 0 Å². The molecule has 226 valence electrons. The fourth-order valence-corrected chi connectivity index (χ4v) is 6.81. The number of hydrogen-bond donors (Lipinski definition) is 0. The van der Waals surface area contributed by atoms with E-state index in [9.17, 15) is 0 Å². The molecule has 2 heterocycles. The summed E-state index contributed by atoms with van der Waals surface area (Å²) in [6.45, 7) is 0. The topological polar surface area (TPSA) is 52.1 Å². The van der Waals surface area contributed by atoms with Gasteiger partial charge in [-0.25, -0.2) is 9.97 Å². The zero-order valence-corrected chi connectivity index (χ0v) is 25.9. The van der Waals surface area contributed by atoms with Crippen molar-refractivity contribution < 1.29 is 8.83 Å². The molecule has 4 heteroatoms.